The third-order valence-electron chi connectivity index (χ3n) is 7.60. The number of aryl methyl sites for hydroxylation is 1. The number of carbonyl (C=O) groups is 2. The number of urea groups is 1. The minimum absolute atomic E-state index is 0.0593. The van der Waals surface area contributed by atoms with Crippen molar-refractivity contribution in [1.82, 2.24) is 19.7 Å². The Kier molecular flexibility index (Phi) is 8.19. The number of carbonyl (C=O) groups excluding carboxylic acids is 2. The number of para-hydroxylation sites is 1. The zero-order chi connectivity index (χ0) is 29.0. The molecule has 0 unspecified atom stereocenters. The summed E-state index contributed by atoms with van der Waals surface area (Å²) >= 11 is 0. The summed E-state index contributed by atoms with van der Waals surface area (Å²) in [6, 6.07) is 21.2. The molecular formula is C33H38N6O2. The molecule has 0 atom stereocenters. The SMILES string of the molecule is Cc1ccc(-n2nc(C(C)(C)C)cc2NC(=O)Nc2ccccc2CC2CCN(C(=O)c3ccncc3)CC2)cc1. The van der Waals surface area contributed by atoms with E-state index in [0.717, 1.165) is 60.5 Å². The number of rotatable bonds is 6. The predicted molar refractivity (Wildman–Crippen MR) is 163 cm³/mol. The Morgan fingerprint density at radius 3 is 2.29 bits per heavy atom. The van der Waals surface area contributed by atoms with Crippen LogP contribution in [0.2, 0.25) is 0 Å². The molecule has 1 aliphatic rings. The van der Waals surface area contributed by atoms with E-state index in [1.807, 2.05) is 60.4 Å². The molecule has 0 bridgehead atoms. The molecule has 41 heavy (non-hydrogen) atoms. The topological polar surface area (TPSA) is 92.2 Å². The summed E-state index contributed by atoms with van der Waals surface area (Å²) in [6.45, 7) is 9.81. The molecular weight excluding hydrogens is 512 g/mol. The van der Waals surface area contributed by atoms with Gasteiger partial charge in [0.05, 0.1) is 11.4 Å². The minimum atomic E-state index is -0.316. The van der Waals surface area contributed by atoms with E-state index in [9.17, 15) is 9.59 Å². The molecule has 1 saturated heterocycles. The van der Waals surface area contributed by atoms with Crippen molar-refractivity contribution in [3.8, 4) is 5.69 Å². The predicted octanol–water partition coefficient (Wildman–Crippen LogP) is 6.61. The molecule has 0 radical (unpaired) electrons. The first-order valence-electron chi connectivity index (χ1n) is 14.2. The summed E-state index contributed by atoms with van der Waals surface area (Å²) in [4.78, 5) is 32.0. The maximum Gasteiger partial charge on any atom is 0.324 e. The van der Waals surface area contributed by atoms with Crippen molar-refractivity contribution >= 4 is 23.4 Å². The highest BCUT2D eigenvalue weighted by atomic mass is 16.2. The molecule has 0 saturated carbocycles. The van der Waals surface area contributed by atoms with Crippen LogP contribution in [0.25, 0.3) is 5.69 Å². The number of pyridine rings is 1. The lowest BCUT2D eigenvalue weighted by Crippen LogP contribution is -2.39. The van der Waals surface area contributed by atoms with Crippen LogP contribution in [-0.4, -0.2) is 44.7 Å². The summed E-state index contributed by atoms with van der Waals surface area (Å²) in [6.07, 6.45) is 5.98. The monoisotopic (exact) mass is 550 g/mol. The maximum atomic E-state index is 13.3. The Hall–Kier alpha value is -4.46. The van der Waals surface area contributed by atoms with Gasteiger partial charge in [-0.15, -0.1) is 0 Å². The van der Waals surface area contributed by atoms with Gasteiger partial charge in [0.25, 0.3) is 5.91 Å². The van der Waals surface area contributed by atoms with E-state index in [-0.39, 0.29) is 17.4 Å². The van der Waals surface area contributed by atoms with Crippen LogP contribution in [0.15, 0.2) is 79.1 Å². The summed E-state index contributed by atoms with van der Waals surface area (Å²) in [7, 11) is 0. The smallest absolute Gasteiger partial charge is 0.324 e. The highest BCUT2D eigenvalue weighted by molar-refractivity contribution is 6.00. The van der Waals surface area contributed by atoms with Gasteiger partial charge < -0.3 is 10.2 Å². The number of piperidine rings is 1. The number of anilines is 2. The Labute approximate surface area is 241 Å². The van der Waals surface area contributed by atoms with E-state index < -0.39 is 0 Å². The van der Waals surface area contributed by atoms with E-state index >= 15 is 0 Å². The van der Waals surface area contributed by atoms with Gasteiger partial charge in [0, 0.05) is 48.2 Å². The molecule has 212 valence electrons. The van der Waals surface area contributed by atoms with Crippen LogP contribution in [0, 0.1) is 12.8 Å². The summed E-state index contributed by atoms with van der Waals surface area (Å²) in [5, 5.41) is 10.9. The van der Waals surface area contributed by atoms with Gasteiger partial charge in [-0.3, -0.25) is 15.1 Å². The van der Waals surface area contributed by atoms with Crippen LogP contribution >= 0.6 is 0 Å². The molecule has 8 heteroatoms. The maximum absolute atomic E-state index is 13.3. The van der Waals surface area contributed by atoms with Crippen molar-refractivity contribution in [2.45, 2.75) is 52.4 Å². The van der Waals surface area contributed by atoms with Gasteiger partial charge in [-0.2, -0.15) is 5.10 Å². The molecule has 2 aromatic heterocycles. The van der Waals surface area contributed by atoms with E-state index in [4.69, 9.17) is 5.10 Å². The number of likely N-dealkylation sites (tertiary alicyclic amines) is 1. The summed E-state index contributed by atoms with van der Waals surface area (Å²) in [5.74, 6) is 1.10. The highest BCUT2D eigenvalue weighted by Gasteiger charge is 2.25. The first kappa shape index (κ1) is 28.1. The molecule has 3 amide bonds. The highest BCUT2D eigenvalue weighted by Crippen LogP contribution is 2.28. The first-order valence-corrected chi connectivity index (χ1v) is 14.2. The molecule has 3 heterocycles. The Morgan fingerprint density at radius 2 is 1.61 bits per heavy atom. The average molecular weight is 551 g/mol. The zero-order valence-electron chi connectivity index (χ0n) is 24.2. The Morgan fingerprint density at radius 1 is 0.927 bits per heavy atom. The van der Waals surface area contributed by atoms with Gasteiger partial charge >= 0.3 is 6.03 Å². The fraction of sp³-hybridized carbons (Fsp3) is 0.333. The van der Waals surface area contributed by atoms with Crippen molar-refractivity contribution in [2.75, 3.05) is 23.7 Å². The second-order valence-corrected chi connectivity index (χ2v) is 11.8. The number of hydrogen-bond acceptors (Lipinski definition) is 4. The van der Waals surface area contributed by atoms with Gasteiger partial charge in [0.15, 0.2) is 0 Å². The van der Waals surface area contributed by atoms with Gasteiger partial charge in [-0.05, 0) is 68.0 Å². The molecule has 0 aliphatic carbocycles. The number of nitrogens with one attached hydrogen (secondary N) is 2. The average Bonchev–Trinajstić information content (AvgIpc) is 3.39. The Balaban J connectivity index is 1.25. The van der Waals surface area contributed by atoms with Crippen LogP contribution in [0.3, 0.4) is 0 Å². The third-order valence-corrected chi connectivity index (χ3v) is 7.60. The van der Waals surface area contributed by atoms with E-state index in [0.29, 0.717) is 17.3 Å². The molecule has 1 aliphatic heterocycles. The Bertz CT molecular complexity index is 1500. The lowest BCUT2D eigenvalue weighted by Gasteiger charge is -2.32. The summed E-state index contributed by atoms with van der Waals surface area (Å²) in [5.41, 5.74) is 5.32. The molecule has 4 aromatic rings. The van der Waals surface area contributed by atoms with Crippen molar-refractivity contribution in [3.63, 3.8) is 0 Å². The van der Waals surface area contributed by atoms with Gasteiger partial charge in [-0.25, -0.2) is 9.48 Å². The molecule has 1 fully saturated rings. The largest absolute Gasteiger partial charge is 0.339 e. The lowest BCUT2D eigenvalue weighted by atomic mass is 9.89. The minimum Gasteiger partial charge on any atom is -0.339 e. The zero-order valence-corrected chi connectivity index (χ0v) is 24.2. The molecule has 5 rings (SSSR count). The van der Waals surface area contributed by atoms with Crippen LogP contribution in [0.4, 0.5) is 16.3 Å². The summed E-state index contributed by atoms with van der Waals surface area (Å²) < 4.78 is 1.78. The van der Waals surface area contributed by atoms with Crippen LogP contribution in [0.5, 0.6) is 0 Å². The number of benzene rings is 2. The first-order chi connectivity index (χ1) is 19.7. The van der Waals surface area contributed by atoms with Crippen LogP contribution in [-0.2, 0) is 11.8 Å². The number of amides is 3. The quantitative estimate of drug-likeness (QED) is 0.282. The molecule has 2 N–H and O–H groups in total. The number of nitrogens with zero attached hydrogens (tertiary/aromatic N) is 4. The van der Waals surface area contributed by atoms with Crippen LogP contribution < -0.4 is 10.6 Å². The van der Waals surface area contributed by atoms with E-state index in [1.165, 1.54) is 0 Å². The fourth-order valence-electron chi connectivity index (χ4n) is 5.14. The number of aromatic nitrogens is 3. The van der Waals surface area contributed by atoms with Gasteiger partial charge in [0.1, 0.15) is 5.82 Å². The van der Waals surface area contributed by atoms with Gasteiger partial charge in [0.2, 0.25) is 0 Å². The normalized spacial score (nSPS) is 14.1. The fourth-order valence-corrected chi connectivity index (χ4v) is 5.14. The van der Waals surface area contributed by atoms with Crippen molar-refractivity contribution < 1.29 is 9.59 Å². The molecule has 0 spiro atoms. The second kappa shape index (κ2) is 12.0. The van der Waals surface area contributed by atoms with Crippen molar-refractivity contribution in [1.29, 1.82) is 0 Å². The van der Waals surface area contributed by atoms with E-state index in [1.54, 1.807) is 29.2 Å². The molecule has 2 aromatic carbocycles. The second-order valence-electron chi connectivity index (χ2n) is 11.8. The number of hydrogen-bond donors (Lipinski definition) is 2. The lowest BCUT2D eigenvalue weighted by molar-refractivity contribution is 0.0690. The third kappa shape index (κ3) is 6.82. The van der Waals surface area contributed by atoms with Gasteiger partial charge in [-0.1, -0.05) is 56.7 Å². The standard InChI is InChI=1S/C33H38N6O2/c1-23-9-11-27(12-10-23)39-30(22-29(37-39)33(2,3)4)36-32(41)35-28-8-6-5-7-26(28)21-24-15-19-38(20-16-24)31(40)25-13-17-34-18-14-25/h5-14,17-18,22,24H,15-16,19-21H2,1-4H3,(H2,35,36,41). The van der Waals surface area contributed by atoms with Crippen molar-refractivity contribution in [2.24, 2.45) is 5.92 Å². The van der Waals surface area contributed by atoms with Crippen LogP contribution in [0.1, 0.15) is 60.8 Å². The molecule has 8 nitrogen and oxygen atoms in total. The van der Waals surface area contributed by atoms with E-state index in [2.05, 4.69) is 42.5 Å². The van der Waals surface area contributed by atoms with Crippen molar-refractivity contribution in [3.05, 3.63) is 102 Å².